The SMILES string of the molecule is CCNC(=O)CN(CC)Cc1nnsc1NN. The molecule has 17 heavy (non-hydrogen) atoms. The van der Waals surface area contributed by atoms with Gasteiger partial charge in [-0.2, -0.15) is 0 Å². The number of hydrazine groups is 1. The second-order valence-electron chi connectivity index (χ2n) is 3.45. The fourth-order valence-electron chi connectivity index (χ4n) is 1.37. The number of anilines is 1. The fraction of sp³-hybridized carbons (Fsp3) is 0.667. The zero-order valence-corrected chi connectivity index (χ0v) is 10.9. The molecule has 0 atom stereocenters. The van der Waals surface area contributed by atoms with Gasteiger partial charge in [-0.15, -0.1) is 5.10 Å². The lowest BCUT2D eigenvalue weighted by atomic mass is 10.3. The maximum absolute atomic E-state index is 11.5. The second-order valence-corrected chi connectivity index (χ2v) is 4.20. The lowest BCUT2D eigenvalue weighted by Gasteiger charge is -2.18. The highest BCUT2D eigenvalue weighted by Crippen LogP contribution is 2.17. The summed E-state index contributed by atoms with van der Waals surface area (Å²) in [6, 6.07) is 0. The minimum Gasteiger partial charge on any atom is -0.355 e. The molecule has 0 fully saturated rings. The van der Waals surface area contributed by atoms with Crippen LogP contribution >= 0.6 is 11.5 Å². The number of nitrogens with one attached hydrogen (secondary N) is 2. The van der Waals surface area contributed by atoms with Crippen LogP contribution in [-0.4, -0.2) is 40.0 Å². The molecule has 0 unspecified atom stereocenters. The third-order valence-electron chi connectivity index (χ3n) is 2.25. The number of carbonyl (C=O) groups is 1. The van der Waals surface area contributed by atoms with Crippen LogP contribution in [0.2, 0.25) is 0 Å². The number of rotatable bonds is 7. The monoisotopic (exact) mass is 258 g/mol. The van der Waals surface area contributed by atoms with Gasteiger partial charge < -0.3 is 10.7 Å². The van der Waals surface area contributed by atoms with Crippen LogP contribution in [0, 0.1) is 0 Å². The van der Waals surface area contributed by atoms with Gasteiger partial charge in [0.05, 0.1) is 6.54 Å². The Labute approximate surface area is 105 Å². The van der Waals surface area contributed by atoms with Crippen molar-refractivity contribution in [3.63, 3.8) is 0 Å². The number of aromatic nitrogens is 2. The third-order valence-corrected chi connectivity index (χ3v) is 2.95. The molecule has 0 saturated heterocycles. The van der Waals surface area contributed by atoms with Crippen LogP contribution in [0.15, 0.2) is 0 Å². The van der Waals surface area contributed by atoms with E-state index in [0.29, 0.717) is 19.6 Å². The van der Waals surface area contributed by atoms with Gasteiger partial charge in [0.25, 0.3) is 0 Å². The largest absolute Gasteiger partial charge is 0.355 e. The summed E-state index contributed by atoms with van der Waals surface area (Å²) in [5.41, 5.74) is 3.32. The Balaban J connectivity index is 2.54. The van der Waals surface area contributed by atoms with Gasteiger partial charge in [0.15, 0.2) is 0 Å². The first-order valence-corrected chi connectivity index (χ1v) is 6.25. The summed E-state index contributed by atoms with van der Waals surface area (Å²) in [6.45, 7) is 6.21. The molecule has 1 rings (SSSR count). The van der Waals surface area contributed by atoms with Crippen molar-refractivity contribution in [1.82, 2.24) is 19.8 Å². The number of likely N-dealkylation sites (N-methyl/N-ethyl adjacent to an activating group) is 2. The highest BCUT2D eigenvalue weighted by molar-refractivity contribution is 7.10. The molecule has 0 bridgehead atoms. The first-order valence-electron chi connectivity index (χ1n) is 5.48. The summed E-state index contributed by atoms with van der Waals surface area (Å²) >= 11 is 1.21. The van der Waals surface area contributed by atoms with Crippen molar-refractivity contribution >= 4 is 22.4 Å². The number of hydrogen-bond donors (Lipinski definition) is 3. The summed E-state index contributed by atoms with van der Waals surface area (Å²) < 4.78 is 3.82. The Morgan fingerprint density at radius 1 is 1.53 bits per heavy atom. The molecule has 1 aromatic rings. The summed E-state index contributed by atoms with van der Waals surface area (Å²) in [5.74, 6) is 5.36. The van der Waals surface area contributed by atoms with E-state index in [1.807, 2.05) is 18.7 Å². The quantitative estimate of drug-likeness (QED) is 0.462. The number of amides is 1. The predicted octanol–water partition coefficient (Wildman–Crippen LogP) is -0.218. The van der Waals surface area contributed by atoms with Crippen LogP contribution in [-0.2, 0) is 11.3 Å². The van der Waals surface area contributed by atoms with Crippen molar-refractivity contribution in [1.29, 1.82) is 0 Å². The lowest BCUT2D eigenvalue weighted by Crippen LogP contribution is -2.36. The maximum atomic E-state index is 11.5. The number of nitrogen functional groups attached to an aromatic ring is 1. The first-order chi connectivity index (χ1) is 8.21. The summed E-state index contributed by atoms with van der Waals surface area (Å²) in [6.07, 6.45) is 0. The van der Waals surface area contributed by atoms with E-state index in [1.54, 1.807) is 0 Å². The van der Waals surface area contributed by atoms with Crippen molar-refractivity contribution in [2.24, 2.45) is 5.84 Å². The van der Waals surface area contributed by atoms with Crippen LogP contribution in [0.1, 0.15) is 19.5 Å². The zero-order chi connectivity index (χ0) is 12.7. The van der Waals surface area contributed by atoms with Crippen LogP contribution < -0.4 is 16.6 Å². The molecule has 0 aliphatic carbocycles. The van der Waals surface area contributed by atoms with Crippen LogP contribution in [0.25, 0.3) is 0 Å². The van der Waals surface area contributed by atoms with Crippen LogP contribution in [0.5, 0.6) is 0 Å². The average Bonchev–Trinajstić information content (AvgIpc) is 2.75. The molecule has 0 aliphatic heterocycles. The molecular weight excluding hydrogens is 240 g/mol. The molecule has 1 amide bonds. The van der Waals surface area contributed by atoms with Crippen molar-refractivity contribution in [3.05, 3.63) is 5.69 Å². The average molecular weight is 258 g/mol. The Morgan fingerprint density at radius 2 is 2.29 bits per heavy atom. The topological polar surface area (TPSA) is 96.2 Å². The molecule has 8 heteroatoms. The van der Waals surface area contributed by atoms with Crippen molar-refractivity contribution < 1.29 is 4.79 Å². The van der Waals surface area contributed by atoms with E-state index in [2.05, 4.69) is 20.3 Å². The smallest absolute Gasteiger partial charge is 0.234 e. The van der Waals surface area contributed by atoms with Gasteiger partial charge in [0.2, 0.25) is 5.91 Å². The Bertz CT molecular complexity index is 355. The van der Waals surface area contributed by atoms with Crippen molar-refractivity contribution in [2.45, 2.75) is 20.4 Å². The van der Waals surface area contributed by atoms with E-state index in [1.165, 1.54) is 11.5 Å². The third kappa shape index (κ3) is 4.25. The highest BCUT2D eigenvalue weighted by atomic mass is 32.1. The molecule has 0 saturated carbocycles. The minimum atomic E-state index is 0.0137. The normalized spacial score (nSPS) is 10.6. The molecule has 0 radical (unpaired) electrons. The molecule has 0 spiro atoms. The minimum absolute atomic E-state index is 0.0137. The molecule has 0 aliphatic rings. The van der Waals surface area contributed by atoms with Gasteiger partial charge in [0.1, 0.15) is 10.7 Å². The molecule has 96 valence electrons. The van der Waals surface area contributed by atoms with Gasteiger partial charge in [-0.05, 0) is 13.5 Å². The van der Waals surface area contributed by atoms with Crippen LogP contribution in [0.3, 0.4) is 0 Å². The Hall–Kier alpha value is -1.25. The second kappa shape index (κ2) is 7.15. The number of carbonyl (C=O) groups excluding carboxylic acids is 1. The standard InChI is InChI=1S/C9H18N6OS/c1-3-11-8(16)6-15(4-2)5-7-9(12-10)17-14-13-7/h12H,3-6,10H2,1-2H3,(H,11,16). The van der Waals surface area contributed by atoms with Gasteiger partial charge in [-0.3, -0.25) is 9.69 Å². The maximum Gasteiger partial charge on any atom is 0.234 e. The summed E-state index contributed by atoms with van der Waals surface area (Å²) in [7, 11) is 0. The zero-order valence-electron chi connectivity index (χ0n) is 10.1. The van der Waals surface area contributed by atoms with E-state index >= 15 is 0 Å². The van der Waals surface area contributed by atoms with E-state index in [-0.39, 0.29) is 5.91 Å². The lowest BCUT2D eigenvalue weighted by molar-refractivity contribution is -0.122. The van der Waals surface area contributed by atoms with Crippen molar-refractivity contribution in [3.8, 4) is 0 Å². The molecule has 1 heterocycles. The number of nitrogens with zero attached hydrogens (tertiary/aromatic N) is 3. The molecule has 4 N–H and O–H groups in total. The van der Waals surface area contributed by atoms with E-state index < -0.39 is 0 Å². The molecule has 7 nitrogen and oxygen atoms in total. The molecule has 1 aromatic heterocycles. The summed E-state index contributed by atoms with van der Waals surface area (Å²) in [4.78, 5) is 13.4. The Morgan fingerprint density at radius 3 is 2.88 bits per heavy atom. The summed E-state index contributed by atoms with van der Waals surface area (Å²) in [5, 5.41) is 7.48. The van der Waals surface area contributed by atoms with Gasteiger partial charge in [-0.1, -0.05) is 11.4 Å². The van der Waals surface area contributed by atoms with Crippen molar-refractivity contribution in [2.75, 3.05) is 25.1 Å². The number of hydrogen-bond acceptors (Lipinski definition) is 7. The predicted molar refractivity (Wildman–Crippen MR) is 67.4 cm³/mol. The molecular formula is C9H18N6OS. The molecule has 0 aromatic carbocycles. The van der Waals surface area contributed by atoms with Gasteiger partial charge >= 0.3 is 0 Å². The first kappa shape index (κ1) is 13.8. The van der Waals surface area contributed by atoms with Crippen LogP contribution in [0.4, 0.5) is 5.00 Å². The van der Waals surface area contributed by atoms with E-state index in [0.717, 1.165) is 17.2 Å². The van der Waals surface area contributed by atoms with Gasteiger partial charge in [0, 0.05) is 24.6 Å². The van der Waals surface area contributed by atoms with E-state index in [9.17, 15) is 4.79 Å². The number of nitrogens with two attached hydrogens (primary N) is 1. The highest BCUT2D eigenvalue weighted by Gasteiger charge is 2.13. The fourth-order valence-corrected chi connectivity index (χ4v) is 1.85. The Kier molecular flexibility index (Phi) is 5.81. The van der Waals surface area contributed by atoms with E-state index in [4.69, 9.17) is 5.84 Å². The van der Waals surface area contributed by atoms with Gasteiger partial charge in [-0.25, -0.2) is 5.84 Å².